The van der Waals surface area contributed by atoms with Gasteiger partial charge < -0.3 is 9.47 Å². The smallest absolute Gasteiger partial charge is 0.294 e. The Balaban J connectivity index is 2.00. The van der Waals surface area contributed by atoms with E-state index in [0.29, 0.717) is 5.56 Å². The van der Waals surface area contributed by atoms with Crippen LogP contribution >= 0.6 is 0 Å². The number of hydrogen-bond donors (Lipinski definition) is 1. The molecule has 0 amide bonds. The molecule has 0 radical (unpaired) electrons. The molecule has 9 nitrogen and oxygen atoms in total. The van der Waals surface area contributed by atoms with Crippen molar-refractivity contribution in [2.24, 2.45) is 0 Å². The molecule has 3 rings (SSSR count). The molecular formula is C20H19NO8S. The fourth-order valence-electron chi connectivity index (χ4n) is 3.17. The van der Waals surface area contributed by atoms with Gasteiger partial charge in [0.25, 0.3) is 15.8 Å². The van der Waals surface area contributed by atoms with Crippen molar-refractivity contribution in [2.75, 3.05) is 6.61 Å². The van der Waals surface area contributed by atoms with Crippen molar-refractivity contribution in [1.82, 2.24) is 0 Å². The van der Waals surface area contributed by atoms with Crippen LogP contribution in [0.5, 0.6) is 11.5 Å². The number of ether oxygens (including phenoxy) is 2. The minimum Gasteiger partial charge on any atom is -0.486 e. The van der Waals surface area contributed by atoms with Crippen LogP contribution in [0.4, 0.5) is 5.69 Å². The average molecular weight is 433 g/mol. The Morgan fingerprint density at radius 2 is 2.07 bits per heavy atom. The topological polar surface area (TPSA) is 133 Å². The van der Waals surface area contributed by atoms with Crippen molar-refractivity contribution in [3.8, 4) is 11.5 Å². The minimum atomic E-state index is -4.44. The van der Waals surface area contributed by atoms with E-state index >= 15 is 0 Å². The van der Waals surface area contributed by atoms with Crippen LogP contribution < -0.4 is 9.47 Å². The molecule has 0 bridgehead atoms. The maximum atomic E-state index is 11.7. The van der Waals surface area contributed by atoms with Crippen molar-refractivity contribution in [3.05, 3.63) is 63.2 Å². The Kier molecular flexibility index (Phi) is 5.90. The molecule has 0 fully saturated rings. The summed E-state index contributed by atoms with van der Waals surface area (Å²) in [5, 5.41) is 11.4. The monoisotopic (exact) mass is 433 g/mol. The maximum Gasteiger partial charge on any atom is 0.294 e. The van der Waals surface area contributed by atoms with Crippen LogP contribution in [-0.2, 0) is 21.3 Å². The van der Waals surface area contributed by atoms with Crippen molar-refractivity contribution < 1.29 is 32.2 Å². The highest BCUT2D eigenvalue weighted by Gasteiger charge is 2.29. The van der Waals surface area contributed by atoms with E-state index in [0.717, 1.165) is 5.56 Å². The summed E-state index contributed by atoms with van der Waals surface area (Å²) in [5.74, 6) is 0.0750. The highest BCUT2D eigenvalue weighted by molar-refractivity contribution is 7.85. The molecule has 1 atom stereocenters. The van der Waals surface area contributed by atoms with Crippen LogP contribution in [0.15, 0.2) is 41.3 Å². The van der Waals surface area contributed by atoms with Crippen LogP contribution in [0.3, 0.4) is 0 Å². The van der Waals surface area contributed by atoms with Gasteiger partial charge >= 0.3 is 0 Å². The second kappa shape index (κ2) is 8.25. The fraction of sp³-hybridized carbons (Fsp3) is 0.250. The number of nitrogens with zero attached hydrogens (tertiary/aromatic N) is 1. The van der Waals surface area contributed by atoms with Crippen LogP contribution in [-0.4, -0.2) is 36.4 Å². The summed E-state index contributed by atoms with van der Waals surface area (Å²) in [7, 11) is -4.44. The zero-order valence-corrected chi connectivity index (χ0v) is 17.0. The number of allylic oxidation sites excluding steroid dienone is 1. The van der Waals surface area contributed by atoms with Gasteiger partial charge in [-0.05, 0) is 43.7 Å². The third-order valence-electron chi connectivity index (χ3n) is 4.47. The number of carbonyl (C=O) groups excluding carboxylic acids is 1. The minimum absolute atomic E-state index is 0.0690. The molecule has 0 saturated heterocycles. The van der Waals surface area contributed by atoms with Gasteiger partial charge in [0.1, 0.15) is 12.7 Å². The second-order valence-electron chi connectivity index (χ2n) is 6.87. The van der Waals surface area contributed by atoms with Gasteiger partial charge in [-0.3, -0.25) is 19.5 Å². The summed E-state index contributed by atoms with van der Waals surface area (Å²) in [6, 6.07) is 7.16. The van der Waals surface area contributed by atoms with E-state index in [9.17, 15) is 27.9 Å². The zero-order valence-electron chi connectivity index (χ0n) is 16.2. The summed E-state index contributed by atoms with van der Waals surface area (Å²) in [6.07, 6.45) is 1.88. The molecule has 158 valence electrons. The molecule has 1 aliphatic heterocycles. The van der Waals surface area contributed by atoms with E-state index in [-0.39, 0.29) is 46.5 Å². The second-order valence-corrected chi connectivity index (χ2v) is 8.26. The number of nitro groups is 1. The predicted octanol–water partition coefficient (Wildman–Crippen LogP) is 3.13. The van der Waals surface area contributed by atoms with E-state index in [1.165, 1.54) is 37.3 Å². The zero-order chi connectivity index (χ0) is 22.1. The number of ketones is 1. The van der Waals surface area contributed by atoms with Crippen LogP contribution in [0.25, 0.3) is 6.08 Å². The molecular weight excluding hydrogens is 414 g/mol. The van der Waals surface area contributed by atoms with Gasteiger partial charge in [0.2, 0.25) is 0 Å². The molecule has 2 aromatic carbocycles. The molecule has 0 unspecified atom stereocenters. The molecule has 0 aromatic heterocycles. The number of aryl methyl sites for hydroxylation is 1. The predicted molar refractivity (Wildman–Crippen MR) is 107 cm³/mol. The molecule has 0 spiro atoms. The van der Waals surface area contributed by atoms with Crippen LogP contribution in [0, 0.1) is 17.0 Å². The van der Waals surface area contributed by atoms with Crippen molar-refractivity contribution >= 4 is 27.7 Å². The first-order valence-electron chi connectivity index (χ1n) is 8.92. The Labute approximate surface area is 172 Å². The summed E-state index contributed by atoms with van der Waals surface area (Å²) < 4.78 is 44.5. The van der Waals surface area contributed by atoms with Crippen molar-refractivity contribution in [3.63, 3.8) is 0 Å². The molecule has 0 aliphatic carbocycles. The lowest BCUT2D eigenvalue weighted by Crippen LogP contribution is -2.32. The normalized spacial score (nSPS) is 15.9. The number of nitro benzene ring substituents is 1. The van der Waals surface area contributed by atoms with Gasteiger partial charge in [0, 0.05) is 12.5 Å². The van der Waals surface area contributed by atoms with Gasteiger partial charge in [0.15, 0.2) is 17.3 Å². The molecule has 1 aliphatic rings. The molecule has 2 aromatic rings. The maximum absolute atomic E-state index is 11.7. The number of benzene rings is 2. The summed E-state index contributed by atoms with van der Waals surface area (Å²) in [6.45, 7) is 3.16. The standard InChI is InChI=1S/C20H19NO8S/c1-12-3-8-19(30(25,26)27)14(9-12)10-15-11-28-18-7-6-17(21(23)24)16(20(18)29-15)5-4-13(2)22/h3-9,15H,10-11H2,1-2H3,(H,25,26,27)/b5-4+/t15-/m1/s1. The van der Waals surface area contributed by atoms with Gasteiger partial charge in [-0.25, -0.2) is 0 Å². The van der Waals surface area contributed by atoms with E-state index in [1.54, 1.807) is 19.1 Å². The number of fused-ring (bicyclic) bond motifs is 1. The first-order valence-corrected chi connectivity index (χ1v) is 10.4. The highest BCUT2D eigenvalue weighted by Crippen LogP contribution is 2.41. The fourth-order valence-corrected chi connectivity index (χ4v) is 3.89. The SMILES string of the molecule is CC(=O)/C=C/c1c([N+](=O)[O-])ccc2c1O[C@H](Cc1cc(C)ccc1S(=O)(=O)O)CO2. The van der Waals surface area contributed by atoms with Gasteiger partial charge in [0.05, 0.1) is 15.4 Å². The van der Waals surface area contributed by atoms with Crippen molar-refractivity contribution in [1.29, 1.82) is 0 Å². The van der Waals surface area contributed by atoms with E-state index in [1.807, 2.05) is 0 Å². The summed E-state index contributed by atoms with van der Waals surface area (Å²) in [5.41, 5.74) is 0.942. The molecule has 1 heterocycles. The Bertz CT molecular complexity index is 1150. The number of hydrogen-bond acceptors (Lipinski definition) is 7. The van der Waals surface area contributed by atoms with Gasteiger partial charge in [-0.2, -0.15) is 8.42 Å². The number of rotatable bonds is 6. The largest absolute Gasteiger partial charge is 0.486 e. The van der Waals surface area contributed by atoms with E-state index < -0.39 is 21.1 Å². The van der Waals surface area contributed by atoms with Crippen LogP contribution in [0.1, 0.15) is 23.6 Å². The molecule has 30 heavy (non-hydrogen) atoms. The lowest BCUT2D eigenvalue weighted by molar-refractivity contribution is -0.385. The highest BCUT2D eigenvalue weighted by atomic mass is 32.2. The molecule has 1 N–H and O–H groups in total. The third kappa shape index (κ3) is 4.66. The van der Waals surface area contributed by atoms with Gasteiger partial charge in [-0.1, -0.05) is 17.7 Å². The third-order valence-corrected chi connectivity index (χ3v) is 5.42. The van der Waals surface area contributed by atoms with Crippen LogP contribution in [0.2, 0.25) is 0 Å². The first-order chi connectivity index (χ1) is 14.1. The van der Waals surface area contributed by atoms with E-state index in [4.69, 9.17) is 9.47 Å². The molecule has 0 saturated carbocycles. The summed E-state index contributed by atoms with van der Waals surface area (Å²) in [4.78, 5) is 21.9. The molecule has 10 heteroatoms. The lowest BCUT2D eigenvalue weighted by Gasteiger charge is -2.28. The van der Waals surface area contributed by atoms with Gasteiger partial charge in [-0.15, -0.1) is 0 Å². The Morgan fingerprint density at radius 3 is 2.70 bits per heavy atom. The Morgan fingerprint density at radius 1 is 1.33 bits per heavy atom. The van der Waals surface area contributed by atoms with Crippen molar-refractivity contribution in [2.45, 2.75) is 31.3 Å². The summed E-state index contributed by atoms with van der Waals surface area (Å²) >= 11 is 0. The number of carbonyl (C=O) groups is 1. The first kappa shape index (κ1) is 21.5. The Hall–Kier alpha value is -3.24. The lowest BCUT2D eigenvalue weighted by atomic mass is 10.0. The average Bonchev–Trinajstić information content (AvgIpc) is 2.64. The quantitative estimate of drug-likeness (QED) is 0.318. The van der Waals surface area contributed by atoms with E-state index in [2.05, 4.69) is 0 Å².